The molecule has 0 saturated carbocycles. The van der Waals surface area contributed by atoms with Crippen LogP contribution >= 0.6 is 45.2 Å². The van der Waals surface area contributed by atoms with Crippen LogP contribution in [0, 0.1) is 0 Å². The lowest BCUT2D eigenvalue weighted by molar-refractivity contribution is 0.0604. The van der Waals surface area contributed by atoms with Crippen molar-refractivity contribution in [2.24, 2.45) is 0 Å². The second-order valence-electron chi connectivity index (χ2n) is 2.03. The minimum atomic E-state index is 0.513. The number of hydrogen-bond donors (Lipinski definition) is 0. The van der Waals surface area contributed by atoms with E-state index in [1.807, 2.05) is 0 Å². The summed E-state index contributed by atoms with van der Waals surface area (Å²) in [6.45, 7) is 2.92. The molecular formula is C7H14I2O. The number of rotatable bonds is 6. The van der Waals surface area contributed by atoms with E-state index in [4.69, 9.17) is 4.74 Å². The van der Waals surface area contributed by atoms with E-state index in [1.165, 1.54) is 21.7 Å². The second kappa shape index (κ2) is 8.52. The Hall–Kier alpha value is 1.42. The summed E-state index contributed by atoms with van der Waals surface area (Å²) in [7, 11) is 0. The fourth-order valence-corrected chi connectivity index (χ4v) is 2.18. The molecule has 62 valence electrons. The first-order valence-electron chi connectivity index (χ1n) is 3.58. The summed E-state index contributed by atoms with van der Waals surface area (Å²) in [4.78, 5) is 0. The third-order valence-electron chi connectivity index (χ3n) is 1.26. The van der Waals surface area contributed by atoms with Crippen molar-refractivity contribution in [3.8, 4) is 0 Å². The summed E-state index contributed by atoms with van der Waals surface area (Å²) in [5.41, 5.74) is 0. The molecule has 0 aromatic rings. The van der Waals surface area contributed by atoms with Crippen molar-refractivity contribution in [2.75, 3.05) is 15.5 Å². The number of ether oxygens (including phenoxy) is 1. The van der Waals surface area contributed by atoms with Crippen LogP contribution in [0.5, 0.6) is 0 Å². The monoisotopic (exact) mass is 368 g/mol. The summed E-state index contributed by atoms with van der Waals surface area (Å²) < 4.78 is 7.93. The van der Waals surface area contributed by atoms with Crippen LogP contribution in [-0.2, 0) is 4.74 Å². The van der Waals surface area contributed by atoms with Gasteiger partial charge in [0.1, 0.15) is 0 Å². The average Bonchev–Trinajstić information content (AvgIpc) is 1.90. The molecule has 0 spiro atoms. The fourth-order valence-electron chi connectivity index (χ4n) is 0.790. The van der Waals surface area contributed by atoms with Crippen LogP contribution in [0.1, 0.15) is 19.8 Å². The third kappa shape index (κ3) is 6.15. The van der Waals surface area contributed by atoms with Crippen molar-refractivity contribution in [3.63, 3.8) is 0 Å². The molecule has 0 heterocycles. The Morgan fingerprint density at radius 1 is 1.20 bits per heavy atom. The predicted molar refractivity (Wildman–Crippen MR) is 62.4 cm³/mol. The molecule has 3 heteroatoms. The number of halogens is 2. The number of alkyl halides is 2. The topological polar surface area (TPSA) is 9.23 Å². The van der Waals surface area contributed by atoms with E-state index in [0.29, 0.717) is 6.10 Å². The number of hydrogen-bond acceptors (Lipinski definition) is 1. The zero-order chi connectivity index (χ0) is 7.82. The maximum absolute atomic E-state index is 5.51. The van der Waals surface area contributed by atoms with Crippen LogP contribution in [0.15, 0.2) is 0 Å². The van der Waals surface area contributed by atoms with Crippen LogP contribution in [-0.4, -0.2) is 21.6 Å². The standard InChI is InChI=1S/C7H14I2O/c1-2-10-7(3-5-8)4-6-9/h7H,2-6H2,1H3. The molecule has 0 aromatic carbocycles. The largest absolute Gasteiger partial charge is 0.378 e. The molecule has 0 bridgehead atoms. The van der Waals surface area contributed by atoms with Gasteiger partial charge in [-0.05, 0) is 19.8 Å². The van der Waals surface area contributed by atoms with Crippen LogP contribution < -0.4 is 0 Å². The molecule has 0 rings (SSSR count). The van der Waals surface area contributed by atoms with E-state index in [-0.39, 0.29) is 0 Å². The van der Waals surface area contributed by atoms with Gasteiger partial charge < -0.3 is 4.74 Å². The summed E-state index contributed by atoms with van der Waals surface area (Å²) in [6.07, 6.45) is 2.92. The molecule has 0 saturated heterocycles. The molecule has 0 aromatic heterocycles. The van der Waals surface area contributed by atoms with E-state index >= 15 is 0 Å². The molecule has 0 aliphatic carbocycles. The highest BCUT2D eigenvalue weighted by Crippen LogP contribution is 2.07. The van der Waals surface area contributed by atoms with Gasteiger partial charge in [-0.3, -0.25) is 0 Å². The second-order valence-corrected chi connectivity index (χ2v) is 4.19. The van der Waals surface area contributed by atoms with E-state index in [0.717, 1.165) is 6.61 Å². The Bertz CT molecular complexity index is 54.4. The highest BCUT2D eigenvalue weighted by Gasteiger charge is 2.04. The Balaban J connectivity index is 3.30. The molecule has 10 heavy (non-hydrogen) atoms. The van der Waals surface area contributed by atoms with Crippen molar-refractivity contribution in [1.29, 1.82) is 0 Å². The van der Waals surface area contributed by atoms with Crippen LogP contribution in [0.4, 0.5) is 0 Å². The van der Waals surface area contributed by atoms with Crippen LogP contribution in [0.2, 0.25) is 0 Å². The maximum atomic E-state index is 5.51. The Morgan fingerprint density at radius 2 is 1.70 bits per heavy atom. The van der Waals surface area contributed by atoms with Crippen molar-refractivity contribution in [2.45, 2.75) is 25.9 Å². The summed E-state index contributed by atoms with van der Waals surface area (Å²) in [6, 6.07) is 0. The van der Waals surface area contributed by atoms with Crippen molar-refractivity contribution < 1.29 is 4.74 Å². The van der Waals surface area contributed by atoms with Crippen molar-refractivity contribution >= 4 is 45.2 Å². The first-order valence-corrected chi connectivity index (χ1v) is 6.63. The molecule has 0 unspecified atom stereocenters. The molecule has 0 radical (unpaired) electrons. The molecular weight excluding hydrogens is 354 g/mol. The molecule has 1 nitrogen and oxygen atoms in total. The molecule has 0 fully saturated rings. The molecule has 0 N–H and O–H groups in total. The van der Waals surface area contributed by atoms with Gasteiger partial charge in [0.15, 0.2) is 0 Å². The zero-order valence-electron chi connectivity index (χ0n) is 6.28. The first-order chi connectivity index (χ1) is 4.85. The minimum Gasteiger partial charge on any atom is -0.378 e. The van der Waals surface area contributed by atoms with Crippen LogP contribution in [0.3, 0.4) is 0 Å². The predicted octanol–water partition coefficient (Wildman–Crippen LogP) is 3.04. The van der Waals surface area contributed by atoms with Gasteiger partial charge in [0.05, 0.1) is 6.10 Å². The zero-order valence-corrected chi connectivity index (χ0v) is 10.6. The highest BCUT2D eigenvalue weighted by atomic mass is 127. The van der Waals surface area contributed by atoms with Crippen LogP contribution in [0.25, 0.3) is 0 Å². The quantitative estimate of drug-likeness (QED) is 0.518. The van der Waals surface area contributed by atoms with E-state index in [2.05, 4.69) is 52.1 Å². The fraction of sp³-hybridized carbons (Fsp3) is 1.00. The lowest BCUT2D eigenvalue weighted by Crippen LogP contribution is -2.13. The normalized spacial score (nSPS) is 10.8. The Kier molecular flexibility index (Phi) is 9.73. The SMILES string of the molecule is CCOC(CCI)CCI. The summed E-state index contributed by atoms with van der Waals surface area (Å²) >= 11 is 4.80. The first kappa shape index (κ1) is 11.4. The Morgan fingerprint density at radius 3 is 2.00 bits per heavy atom. The summed E-state index contributed by atoms with van der Waals surface area (Å²) in [5, 5.41) is 0. The lowest BCUT2D eigenvalue weighted by atomic mass is 10.2. The van der Waals surface area contributed by atoms with Crippen molar-refractivity contribution in [1.82, 2.24) is 0 Å². The van der Waals surface area contributed by atoms with Crippen molar-refractivity contribution in [3.05, 3.63) is 0 Å². The Labute approximate surface area is 90.6 Å². The van der Waals surface area contributed by atoms with Gasteiger partial charge in [-0.1, -0.05) is 45.2 Å². The minimum absolute atomic E-state index is 0.513. The molecule has 0 atom stereocenters. The highest BCUT2D eigenvalue weighted by molar-refractivity contribution is 14.1. The molecule has 0 amide bonds. The molecule has 0 aliphatic rings. The average molecular weight is 368 g/mol. The van der Waals surface area contributed by atoms with Gasteiger partial charge in [-0.25, -0.2) is 0 Å². The maximum Gasteiger partial charge on any atom is 0.0589 e. The van der Waals surface area contributed by atoms with E-state index in [1.54, 1.807) is 0 Å². The van der Waals surface area contributed by atoms with Gasteiger partial charge in [0.2, 0.25) is 0 Å². The smallest absolute Gasteiger partial charge is 0.0589 e. The van der Waals surface area contributed by atoms with Gasteiger partial charge >= 0.3 is 0 Å². The lowest BCUT2D eigenvalue weighted by Gasteiger charge is -2.13. The van der Waals surface area contributed by atoms with Gasteiger partial charge in [0.25, 0.3) is 0 Å². The van der Waals surface area contributed by atoms with Gasteiger partial charge in [-0.15, -0.1) is 0 Å². The third-order valence-corrected chi connectivity index (χ3v) is 2.51. The molecule has 0 aliphatic heterocycles. The summed E-state index contributed by atoms with van der Waals surface area (Å²) in [5.74, 6) is 0. The van der Waals surface area contributed by atoms with E-state index in [9.17, 15) is 0 Å². The van der Waals surface area contributed by atoms with Gasteiger partial charge in [0, 0.05) is 15.5 Å². The van der Waals surface area contributed by atoms with E-state index < -0.39 is 0 Å². The van der Waals surface area contributed by atoms with Gasteiger partial charge in [-0.2, -0.15) is 0 Å².